The quantitative estimate of drug-likeness (QED) is 0.907. The van der Waals surface area contributed by atoms with E-state index in [1.54, 1.807) is 0 Å². The van der Waals surface area contributed by atoms with Gasteiger partial charge in [0.2, 0.25) is 0 Å². The highest BCUT2D eigenvalue weighted by Crippen LogP contribution is 2.15. The van der Waals surface area contributed by atoms with Crippen LogP contribution in [0.1, 0.15) is 38.2 Å². The van der Waals surface area contributed by atoms with Crippen molar-refractivity contribution in [3.8, 4) is 0 Å². The predicted octanol–water partition coefficient (Wildman–Crippen LogP) is 3.04. The first-order valence-corrected chi connectivity index (χ1v) is 6.41. The number of aromatic nitrogens is 1. The number of carbonyl (C=O) groups excluding carboxylic acids is 1. The Bertz CT molecular complexity index is 371. The van der Waals surface area contributed by atoms with Crippen LogP contribution in [0.3, 0.4) is 0 Å². The summed E-state index contributed by atoms with van der Waals surface area (Å²) in [5, 5.41) is 3.00. The molecule has 1 amide bonds. The van der Waals surface area contributed by atoms with E-state index in [1.165, 1.54) is 0 Å². The summed E-state index contributed by atoms with van der Waals surface area (Å²) in [7, 11) is 0. The number of hydrogen-bond acceptors (Lipinski definition) is 1. The summed E-state index contributed by atoms with van der Waals surface area (Å²) in [6.07, 6.45) is 1.93. The third-order valence-electron chi connectivity index (χ3n) is 2.80. The van der Waals surface area contributed by atoms with Gasteiger partial charge in [0.05, 0.1) is 0 Å². The number of rotatable bonds is 4. The molecule has 1 unspecified atom stereocenters. The van der Waals surface area contributed by atoms with Crippen LogP contribution in [0.2, 0.25) is 0 Å². The summed E-state index contributed by atoms with van der Waals surface area (Å²) in [4.78, 5) is 12.0. The lowest BCUT2D eigenvalue weighted by Crippen LogP contribution is -2.37. The molecule has 4 heteroatoms. The highest BCUT2D eigenvalue weighted by Gasteiger charge is 2.16. The lowest BCUT2D eigenvalue weighted by Gasteiger charge is -2.17. The van der Waals surface area contributed by atoms with Crippen molar-refractivity contribution in [1.29, 1.82) is 0 Å². The summed E-state index contributed by atoms with van der Waals surface area (Å²) < 4.78 is 2.88. The van der Waals surface area contributed by atoms with Gasteiger partial charge < -0.3 is 9.88 Å². The molecule has 1 N–H and O–H groups in total. The Labute approximate surface area is 105 Å². The molecule has 1 aromatic rings. The van der Waals surface area contributed by atoms with Crippen LogP contribution in [0.4, 0.5) is 0 Å². The van der Waals surface area contributed by atoms with Crippen molar-refractivity contribution >= 4 is 21.8 Å². The number of halogens is 1. The SMILES string of the molecule is CCn1cc(Br)cc1C(=O)NC(C)C(C)C. The molecule has 1 heterocycles. The minimum absolute atomic E-state index is 0.00579. The molecule has 0 saturated heterocycles. The number of aryl methyl sites for hydroxylation is 1. The van der Waals surface area contributed by atoms with Gasteiger partial charge in [-0.05, 0) is 41.8 Å². The molecule has 0 bridgehead atoms. The van der Waals surface area contributed by atoms with E-state index in [4.69, 9.17) is 0 Å². The first-order valence-electron chi connectivity index (χ1n) is 5.62. The predicted molar refractivity (Wildman–Crippen MR) is 69.6 cm³/mol. The maximum Gasteiger partial charge on any atom is 0.268 e. The largest absolute Gasteiger partial charge is 0.348 e. The molecule has 0 fully saturated rings. The van der Waals surface area contributed by atoms with Gasteiger partial charge in [0.25, 0.3) is 5.91 Å². The Morgan fingerprint density at radius 2 is 2.12 bits per heavy atom. The molecule has 1 rings (SSSR count). The second-order valence-electron chi connectivity index (χ2n) is 4.34. The van der Waals surface area contributed by atoms with Gasteiger partial charge in [0.15, 0.2) is 0 Å². The van der Waals surface area contributed by atoms with E-state index in [1.807, 2.05) is 30.7 Å². The highest BCUT2D eigenvalue weighted by molar-refractivity contribution is 9.10. The fraction of sp³-hybridized carbons (Fsp3) is 0.583. The van der Waals surface area contributed by atoms with Gasteiger partial charge in [-0.15, -0.1) is 0 Å². The van der Waals surface area contributed by atoms with Gasteiger partial charge in [0.1, 0.15) is 5.69 Å². The maximum atomic E-state index is 12.0. The molecular formula is C12H19BrN2O. The van der Waals surface area contributed by atoms with Gasteiger partial charge in [-0.25, -0.2) is 0 Å². The van der Waals surface area contributed by atoms with Crippen molar-refractivity contribution in [2.24, 2.45) is 5.92 Å². The molecular weight excluding hydrogens is 268 g/mol. The summed E-state index contributed by atoms with van der Waals surface area (Å²) in [6, 6.07) is 2.04. The zero-order chi connectivity index (χ0) is 12.3. The summed E-state index contributed by atoms with van der Waals surface area (Å²) in [5.74, 6) is 0.436. The molecule has 1 atom stereocenters. The maximum absolute atomic E-state index is 12.0. The normalized spacial score (nSPS) is 12.9. The smallest absolute Gasteiger partial charge is 0.268 e. The topological polar surface area (TPSA) is 34.0 Å². The molecule has 1 aromatic heterocycles. The van der Waals surface area contributed by atoms with E-state index in [9.17, 15) is 4.79 Å². The molecule has 0 saturated carbocycles. The standard InChI is InChI=1S/C12H19BrN2O/c1-5-15-7-10(13)6-11(15)12(16)14-9(4)8(2)3/h6-9H,5H2,1-4H3,(H,14,16). The van der Waals surface area contributed by atoms with Gasteiger partial charge in [-0.3, -0.25) is 4.79 Å². The van der Waals surface area contributed by atoms with Gasteiger partial charge >= 0.3 is 0 Å². The van der Waals surface area contributed by atoms with Crippen molar-refractivity contribution in [3.05, 3.63) is 22.4 Å². The van der Waals surface area contributed by atoms with E-state index in [0.717, 1.165) is 11.0 Å². The van der Waals surface area contributed by atoms with Crippen molar-refractivity contribution < 1.29 is 4.79 Å². The summed E-state index contributed by atoms with van der Waals surface area (Å²) >= 11 is 3.39. The zero-order valence-corrected chi connectivity index (χ0v) is 11.8. The molecule has 3 nitrogen and oxygen atoms in total. The third-order valence-corrected chi connectivity index (χ3v) is 3.23. The second-order valence-corrected chi connectivity index (χ2v) is 5.25. The molecule has 90 valence electrons. The number of amides is 1. The van der Waals surface area contributed by atoms with Crippen LogP contribution in [0.15, 0.2) is 16.7 Å². The average Bonchev–Trinajstić information content (AvgIpc) is 2.59. The second kappa shape index (κ2) is 5.53. The Morgan fingerprint density at radius 1 is 1.50 bits per heavy atom. The van der Waals surface area contributed by atoms with Crippen LogP contribution in [-0.4, -0.2) is 16.5 Å². The number of carbonyl (C=O) groups is 1. The fourth-order valence-electron chi connectivity index (χ4n) is 1.37. The molecule has 0 aliphatic rings. The van der Waals surface area contributed by atoms with Crippen molar-refractivity contribution in [2.45, 2.75) is 40.3 Å². The Morgan fingerprint density at radius 3 is 2.62 bits per heavy atom. The Kier molecular flexibility index (Phi) is 4.59. The highest BCUT2D eigenvalue weighted by atomic mass is 79.9. The first kappa shape index (κ1) is 13.3. The van der Waals surface area contributed by atoms with Crippen molar-refractivity contribution in [3.63, 3.8) is 0 Å². The lowest BCUT2D eigenvalue weighted by molar-refractivity contribution is 0.0921. The van der Waals surface area contributed by atoms with Gasteiger partial charge in [0, 0.05) is 23.3 Å². The molecule has 0 aromatic carbocycles. The van der Waals surface area contributed by atoms with Crippen LogP contribution >= 0.6 is 15.9 Å². The monoisotopic (exact) mass is 286 g/mol. The van der Waals surface area contributed by atoms with E-state index >= 15 is 0 Å². The molecule has 0 aliphatic carbocycles. The van der Waals surface area contributed by atoms with E-state index in [0.29, 0.717) is 11.6 Å². The third kappa shape index (κ3) is 3.11. The van der Waals surface area contributed by atoms with Crippen LogP contribution in [0.25, 0.3) is 0 Å². The van der Waals surface area contributed by atoms with E-state index in [2.05, 4.69) is 35.1 Å². The number of nitrogens with one attached hydrogen (secondary N) is 1. The van der Waals surface area contributed by atoms with Crippen LogP contribution < -0.4 is 5.32 Å². The average molecular weight is 287 g/mol. The van der Waals surface area contributed by atoms with E-state index in [-0.39, 0.29) is 11.9 Å². The van der Waals surface area contributed by atoms with Crippen LogP contribution in [-0.2, 0) is 6.54 Å². The molecule has 16 heavy (non-hydrogen) atoms. The zero-order valence-electron chi connectivity index (χ0n) is 10.2. The van der Waals surface area contributed by atoms with Gasteiger partial charge in [-0.1, -0.05) is 13.8 Å². The van der Waals surface area contributed by atoms with Crippen molar-refractivity contribution in [1.82, 2.24) is 9.88 Å². The lowest BCUT2D eigenvalue weighted by atomic mass is 10.1. The first-order chi connectivity index (χ1) is 7.45. The number of nitrogens with zero attached hydrogens (tertiary/aromatic N) is 1. The van der Waals surface area contributed by atoms with Crippen LogP contribution in [0, 0.1) is 5.92 Å². The molecule has 0 aliphatic heterocycles. The Balaban J connectivity index is 2.80. The Hall–Kier alpha value is -0.770. The molecule has 0 radical (unpaired) electrons. The minimum atomic E-state index is -0.00579. The fourth-order valence-corrected chi connectivity index (χ4v) is 1.84. The van der Waals surface area contributed by atoms with E-state index < -0.39 is 0 Å². The summed E-state index contributed by atoms with van der Waals surface area (Å²) in [6.45, 7) is 9.04. The number of hydrogen-bond donors (Lipinski definition) is 1. The molecule has 0 spiro atoms. The summed E-state index contributed by atoms with van der Waals surface area (Å²) in [5.41, 5.74) is 0.710. The minimum Gasteiger partial charge on any atom is -0.348 e. The van der Waals surface area contributed by atoms with Gasteiger partial charge in [-0.2, -0.15) is 0 Å². The van der Waals surface area contributed by atoms with Crippen molar-refractivity contribution in [2.75, 3.05) is 0 Å². The van der Waals surface area contributed by atoms with Crippen LogP contribution in [0.5, 0.6) is 0 Å².